The number of hydrogen-bond acceptors (Lipinski definition) is 3. The predicted octanol–water partition coefficient (Wildman–Crippen LogP) is 3.01. The van der Waals surface area contributed by atoms with Gasteiger partial charge in [-0.2, -0.15) is 0 Å². The fourth-order valence-electron chi connectivity index (χ4n) is 1.06. The third kappa shape index (κ3) is 2.63. The van der Waals surface area contributed by atoms with Crippen LogP contribution in [0.25, 0.3) is 0 Å². The van der Waals surface area contributed by atoms with Crippen molar-refractivity contribution in [1.82, 2.24) is 9.97 Å². The molecule has 1 heterocycles. The van der Waals surface area contributed by atoms with Crippen molar-refractivity contribution in [2.45, 2.75) is 0 Å². The van der Waals surface area contributed by atoms with E-state index in [-0.39, 0.29) is 5.82 Å². The quantitative estimate of drug-likeness (QED) is 0.796. The Morgan fingerprint density at radius 3 is 2.53 bits per heavy atom. The first-order chi connectivity index (χ1) is 7.24. The van der Waals surface area contributed by atoms with Crippen molar-refractivity contribution in [2.24, 2.45) is 0 Å². The van der Waals surface area contributed by atoms with Gasteiger partial charge in [0, 0.05) is 11.9 Å². The van der Waals surface area contributed by atoms with Crippen molar-refractivity contribution in [3.05, 3.63) is 47.5 Å². The van der Waals surface area contributed by atoms with Crippen LogP contribution in [0.5, 0.6) is 0 Å². The molecule has 2 aromatic rings. The lowest BCUT2D eigenvalue weighted by atomic mass is 10.3. The molecule has 0 saturated heterocycles. The number of nitrogens with one attached hydrogen (secondary N) is 1. The van der Waals surface area contributed by atoms with Gasteiger partial charge in [0.05, 0.1) is 0 Å². The molecule has 1 aromatic carbocycles. The molecule has 0 atom stereocenters. The zero-order chi connectivity index (χ0) is 10.7. The molecule has 5 heteroatoms. The summed E-state index contributed by atoms with van der Waals surface area (Å²) in [5.41, 5.74) is 0.707. The second-order valence-electron chi connectivity index (χ2n) is 2.83. The Bertz CT molecular complexity index is 458. The van der Waals surface area contributed by atoms with Gasteiger partial charge in [-0.3, -0.25) is 0 Å². The van der Waals surface area contributed by atoms with Gasteiger partial charge < -0.3 is 5.32 Å². The first kappa shape index (κ1) is 9.86. The van der Waals surface area contributed by atoms with Gasteiger partial charge in [0.2, 0.25) is 5.95 Å². The average Bonchev–Trinajstić information content (AvgIpc) is 2.22. The van der Waals surface area contributed by atoms with Crippen LogP contribution in [-0.2, 0) is 0 Å². The molecule has 0 fully saturated rings. The number of anilines is 2. The Balaban J connectivity index is 2.18. The third-order valence-corrected chi connectivity index (χ3v) is 1.93. The van der Waals surface area contributed by atoms with E-state index in [4.69, 9.17) is 11.6 Å². The molecule has 0 aliphatic rings. The SMILES string of the molecule is Fc1ccc(Nc2nccc(Cl)n2)cc1. The molecule has 0 saturated carbocycles. The molecule has 0 bridgehead atoms. The van der Waals surface area contributed by atoms with Crippen LogP contribution >= 0.6 is 11.6 Å². The number of halogens is 2. The standard InChI is InChI=1S/C10H7ClFN3/c11-9-5-6-13-10(15-9)14-8-3-1-7(12)2-4-8/h1-6H,(H,13,14,15). The van der Waals surface area contributed by atoms with Crippen LogP contribution in [0.1, 0.15) is 0 Å². The fraction of sp³-hybridized carbons (Fsp3) is 0. The van der Waals surface area contributed by atoms with Crippen LogP contribution in [0.15, 0.2) is 36.5 Å². The van der Waals surface area contributed by atoms with Crippen molar-refractivity contribution in [3.63, 3.8) is 0 Å². The summed E-state index contributed by atoms with van der Waals surface area (Å²) < 4.78 is 12.6. The van der Waals surface area contributed by atoms with E-state index in [1.807, 2.05) is 0 Å². The van der Waals surface area contributed by atoms with Crippen molar-refractivity contribution >= 4 is 23.2 Å². The Hall–Kier alpha value is -1.68. The van der Waals surface area contributed by atoms with Gasteiger partial charge in [0.15, 0.2) is 0 Å². The minimum atomic E-state index is -0.285. The Labute approximate surface area is 90.9 Å². The summed E-state index contributed by atoms with van der Waals surface area (Å²) in [6.07, 6.45) is 1.54. The maximum Gasteiger partial charge on any atom is 0.228 e. The molecule has 1 N–H and O–H groups in total. The van der Waals surface area contributed by atoms with E-state index < -0.39 is 0 Å². The Kier molecular flexibility index (Phi) is 2.78. The zero-order valence-electron chi connectivity index (χ0n) is 7.61. The summed E-state index contributed by atoms with van der Waals surface area (Å²) in [6.45, 7) is 0. The maximum absolute atomic E-state index is 12.6. The number of nitrogens with zero attached hydrogens (tertiary/aromatic N) is 2. The van der Waals surface area contributed by atoms with Crippen molar-refractivity contribution < 1.29 is 4.39 Å². The van der Waals surface area contributed by atoms with Crippen molar-refractivity contribution in [2.75, 3.05) is 5.32 Å². The lowest BCUT2D eigenvalue weighted by Gasteiger charge is -2.03. The van der Waals surface area contributed by atoms with Gasteiger partial charge in [-0.1, -0.05) is 11.6 Å². The number of rotatable bonds is 2. The average molecular weight is 224 g/mol. The van der Waals surface area contributed by atoms with Gasteiger partial charge >= 0.3 is 0 Å². The molecule has 15 heavy (non-hydrogen) atoms. The zero-order valence-corrected chi connectivity index (χ0v) is 8.37. The molecule has 2 rings (SSSR count). The van der Waals surface area contributed by atoms with Gasteiger partial charge in [-0.05, 0) is 30.3 Å². The largest absolute Gasteiger partial charge is 0.324 e. The number of hydrogen-bond donors (Lipinski definition) is 1. The van der Waals surface area contributed by atoms with Gasteiger partial charge in [-0.15, -0.1) is 0 Å². The first-order valence-electron chi connectivity index (χ1n) is 4.25. The van der Waals surface area contributed by atoms with Crippen molar-refractivity contribution in [3.8, 4) is 0 Å². The van der Waals surface area contributed by atoms with E-state index in [1.165, 1.54) is 12.1 Å². The summed E-state index contributed by atoms with van der Waals surface area (Å²) in [5.74, 6) is 0.0988. The van der Waals surface area contributed by atoms with Gasteiger partial charge in [0.1, 0.15) is 11.0 Å². The molecule has 0 aliphatic heterocycles. The topological polar surface area (TPSA) is 37.8 Å². The molecule has 1 aromatic heterocycles. The highest BCUT2D eigenvalue weighted by atomic mass is 35.5. The summed E-state index contributed by atoms with van der Waals surface area (Å²) in [6, 6.07) is 7.48. The lowest BCUT2D eigenvalue weighted by Crippen LogP contribution is -1.96. The molecule has 0 aliphatic carbocycles. The smallest absolute Gasteiger partial charge is 0.228 e. The van der Waals surface area contributed by atoms with Crippen LogP contribution in [-0.4, -0.2) is 9.97 Å². The highest BCUT2D eigenvalue weighted by molar-refractivity contribution is 6.29. The molecule has 0 spiro atoms. The Morgan fingerprint density at radius 1 is 1.13 bits per heavy atom. The molecular weight excluding hydrogens is 217 g/mol. The summed E-state index contributed by atoms with van der Waals surface area (Å²) in [4.78, 5) is 7.90. The second-order valence-corrected chi connectivity index (χ2v) is 3.22. The molecule has 3 nitrogen and oxygen atoms in total. The highest BCUT2D eigenvalue weighted by Gasteiger charge is 1.98. The number of benzene rings is 1. The molecule has 0 unspecified atom stereocenters. The van der Waals surface area contributed by atoms with E-state index in [9.17, 15) is 4.39 Å². The number of aromatic nitrogens is 2. The van der Waals surface area contributed by atoms with E-state index in [0.717, 1.165) is 0 Å². The predicted molar refractivity (Wildman–Crippen MR) is 56.7 cm³/mol. The van der Waals surface area contributed by atoms with Crippen LogP contribution in [0.2, 0.25) is 5.15 Å². The summed E-state index contributed by atoms with van der Waals surface area (Å²) in [7, 11) is 0. The van der Waals surface area contributed by atoms with Crippen LogP contribution in [0.4, 0.5) is 16.0 Å². The molecule has 0 amide bonds. The van der Waals surface area contributed by atoms with Crippen LogP contribution in [0, 0.1) is 5.82 Å². The van der Waals surface area contributed by atoms with Crippen molar-refractivity contribution in [1.29, 1.82) is 0 Å². The first-order valence-corrected chi connectivity index (χ1v) is 4.63. The minimum Gasteiger partial charge on any atom is -0.324 e. The normalized spacial score (nSPS) is 10.0. The summed E-state index contributed by atoms with van der Waals surface area (Å²) in [5, 5.41) is 3.25. The fourth-order valence-corrected chi connectivity index (χ4v) is 1.20. The van der Waals surface area contributed by atoms with E-state index in [2.05, 4.69) is 15.3 Å². The highest BCUT2D eigenvalue weighted by Crippen LogP contribution is 2.14. The van der Waals surface area contributed by atoms with E-state index in [1.54, 1.807) is 24.4 Å². The lowest BCUT2D eigenvalue weighted by molar-refractivity contribution is 0.628. The van der Waals surface area contributed by atoms with Gasteiger partial charge in [-0.25, -0.2) is 14.4 Å². The molecular formula is C10H7ClFN3. The van der Waals surface area contributed by atoms with Gasteiger partial charge in [0.25, 0.3) is 0 Å². The monoisotopic (exact) mass is 223 g/mol. The second kappa shape index (κ2) is 4.23. The van der Waals surface area contributed by atoms with Crippen LogP contribution < -0.4 is 5.32 Å². The molecule has 0 radical (unpaired) electrons. The third-order valence-electron chi connectivity index (χ3n) is 1.72. The molecule has 76 valence electrons. The van der Waals surface area contributed by atoms with E-state index >= 15 is 0 Å². The van der Waals surface area contributed by atoms with Crippen LogP contribution in [0.3, 0.4) is 0 Å². The minimum absolute atomic E-state index is 0.285. The van der Waals surface area contributed by atoms with E-state index in [0.29, 0.717) is 16.8 Å². The maximum atomic E-state index is 12.6. The Morgan fingerprint density at radius 2 is 1.87 bits per heavy atom. The summed E-state index contributed by atoms with van der Waals surface area (Å²) >= 11 is 5.69.